The number of nitrogens with zero attached hydrogens (tertiary/aromatic N) is 5. The molecule has 0 fully saturated rings. The molecule has 3 aromatic heterocycles. The van der Waals surface area contributed by atoms with Crippen molar-refractivity contribution in [2.75, 3.05) is 47.4 Å². The number of carbonyl (C=O) groups is 6. The highest BCUT2D eigenvalue weighted by Gasteiger charge is 2.31. The fourth-order valence-electron chi connectivity index (χ4n) is 6.29. The Bertz CT molecular complexity index is 2030. The van der Waals surface area contributed by atoms with Crippen LogP contribution in [0.15, 0.2) is 54.2 Å². The summed E-state index contributed by atoms with van der Waals surface area (Å²) in [5.74, 6) is -2.70. The van der Waals surface area contributed by atoms with E-state index in [4.69, 9.17) is 4.74 Å². The molecule has 6 amide bonds. The van der Waals surface area contributed by atoms with Crippen LogP contribution in [0.5, 0.6) is 5.88 Å². The maximum atomic E-state index is 13.9. The number of methoxy groups -OCH3 is 1. The minimum absolute atomic E-state index is 0.0212. The highest BCUT2D eigenvalue weighted by molar-refractivity contribution is 7.09. The van der Waals surface area contributed by atoms with Gasteiger partial charge in [0, 0.05) is 68.3 Å². The van der Waals surface area contributed by atoms with Gasteiger partial charge in [-0.1, -0.05) is 32.0 Å². The fourth-order valence-corrected chi connectivity index (χ4v) is 7.16. The number of pyridine rings is 1. The lowest BCUT2D eigenvalue weighted by Gasteiger charge is -2.28. The van der Waals surface area contributed by atoms with Crippen LogP contribution in [0, 0.1) is 5.92 Å². The molecule has 2 bridgehead atoms. The number of H-pyrrole nitrogens is 1. The van der Waals surface area contributed by atoms with Gasteiger partial charge in [-0.2, -0.15) is 0 Å². The quantitative estimate of drug-likeness (QED) is 0.227. The molecule has 1 aliphatic rings. The Morgan fingerprint density at radius 2 is 1.67 bits per heavy atom. The van der Waals surface area contributed by atoms with Crippen LogP contribution < -0.4 is 20.7 Å². The number of likely N-dealkylation sites (N-methyl/N-ethyl adjacent to an activating group) is 2. The van der Waals surface area contributed by atoms with Gasteiger partial charge >= 0.3 is 0 Å². The van der Waals surface area contributed by atoms with E-state index in [0.29, 0.717) is 17.3 Å². The summed E-state index contributed by atoms with van der Waals surface area (Å²) in [7, 11) is 4.44. The molecule has 3 atom stereocenters. The molecule has 0 saturated carbocycles. The number of rotatable bonds is 6. The predicted molar refractivity (Wildman–Crippen MR) is 205 cm³/mol. The van der Waals surface area contributed by atoms with Crippen molar-refractivity contribution in [3.63, 3.8) is 0 Å². The van der Waals surface area contributed by atoms with Gasteiger partial charge in [-0.25, -0.2) is 9.97 Å². The van der Waals surface area contributed by atoms with E-state index < -0.39 is 53.6 Å². The molecule has 0 unspecified atom stereocenters. The van der Waals surface area contributed by atoms with E-state index in [-0.39, 0.29) is 49.8 Å². The van der Waals surface area contributed by atoms with E-state index >= 15 is 0 Å². The summed E-state index contributed by atoms with van der Waals surface area (Å²) >= 11 is 1.19. The highest BCUT2D eigenvalue weighted by atomic mass is 32.1. The molecule has 0 saturated heterocycles. The second-order valence-corrected chi connectivity index (χ2v) is 14.9. The Morgan fingerprint density at radius 3 is 2.38 bits per heavy atom. The first-order chi connectivity index (χ1) is 26.2. The third-order valence-corrected chi connectivity index (χ3v) is 10.2. The molecule has 292 valence electrons. The Balaban J connectivity index is 1.46. The number of fused-ring (bicyclic) bond motifs is 3. The summed E-state index contributed by atoms with van der Waals surface area (Å²) in [6.07, 6.45) is 3.73. The van der Waals surface area contributed by atoms with Gasteiger partial charge in [-0.05, 0) is 37.0 Å². The number of carbonyl (C=O) groups excluding carboxylic acids is 6. The van der Waals surface area contributed by atoms with Crippen LogP contribution in [0.1, 0.15) is 64.7 Å². The SMILES string of the molecule is COc1ccc(C(=O)N2CCN(C)C(=O)[C@H](C)NC(=O)CN(C)C(=O)[C@@H](Cc3c[nH]c4ccccc34)NC(=O)c3csc(n3)[C@H](CC(C)C)NC(=O)C2)cn1. The fraction of sp³-hybridized carbons (Fsp3) is 0.421. The number of aromatic nitrogens is 3. The Hall–Kier alpha value is -5.84. The van der Waals surface area contributed by atoms with Crippen LogP contribution in [0.3, 0.4) is 0 Å². The minimum Gasteiger partial charge on any atom is -0.481 e. The van der Waals surface area contributed by atoms with E-state index in [1.807, 2.05) is 38.1 Å². The number of para-hydroxylation sites is 1. The molecule has 0 spiro atoms. The van der Waals surface area contributed by atoms with Crippen molar-refractivity contribution in [3.8, 4) is 5.88 Å². The smallest absolute Gasteiger partial charge is 0.271 e. The molecule has 5 rings (SSSR count). The summed E-state index contributed by atoms with van der Waals surface area (Å²) in [5, 5.41) is 11.4. The number of ether oxygens (including phenoxy) is 1. The van der Waals surface area contributed by atoms with Crippen molar-refractivity contribution < 1.29 is 33.5 Å². The monoisotopic (exact) mass is 773 g/mol. The van der Waals surface area contributed by atoms with Gasteiger partial charge in [0.2, 0.25) is 29.5 Å². The van der Waals surface area contributed by atoms with Gasteiger partial charge in [0.05, 0.1) is 31.8 Å². The first-order valence-corrected chi connectivity index (χ1v) is 18.8. The second-order valence-electron chi connectivity index (χ2n) is 14.0. The van der Waals surface area contributed by atoms with Crippen molar-refractivity contribution in [2.24, 2.45) is 5.92 Å². The van der Waals surface area contributed by atoms with Crippen LogP contribution in [0.25, 0.3) is 10.9 Å². The largest absolute Gasteiger partial charge is 0.481 e. The average molecular weight is 774 g/mol. The van der Waals surface area contributed by atoms with Gasteiger partial charge in [-0.15, -0.1) is 11.3 Å². The molecular weight excluding hydrogens is 727 g/mol. The molecule has 0 aliphatic carbocycles. The Labute approximate surface area is 323 Å². The number of thiazole rings is 1. The van der Waals surface area contributed by atoms with Crippen molar-refractivity contribution in [3.05, 3.63) is 76.0 Å². The molecule has 4 N–H and O–H groups in total. The zero-order chi connectivity index (χ0) is 39.8. The van der Waals surface area contributed by atoms with Crippen LogP contribution in [0.4, 0.5) is 0 Å². The maximum Gasteiger partial charge on any atom is 0.271 e. The van der Waals surface area contributed by atoms with Crippen LogP contribution >= 0.6 is 11.3 Å². The van der Waals surface area contributed by atoms with Gasteiger partial charge in [0.15, 0.2) is 0 Å². The third kappa shape index (κ3) is 10.2. The highest BCUT2D eigenvalue weighted by Crippen LogP contribution is 2.26. The Morgan fingerprint density at radius 1 is 0.927 bits per heavy atom. The van der Waals surface area contributed by atoms with E-state index in [2.05, 4.69) is 30.9 Å². The zero-order valence-corrected chi connectivity index (χ0v) is 32.6. The molecule has 0 radical (unpaired) electrons. The van der Waals surface area contributed by atoms with E-state index in [1.165, 1.54) is 72.5 Å². The molecule has 4 heterocycles. The van der Waals surface area contributed by atoms with E-state index in [0.717, 1.165) is 16.5 Å². The van der Waals surface area contributed by atoms with E-state index in [1.54, 1.807) is 11.6 Å². The summed E-state index contributed by atoms with van der Waals surface area (Å²) in [6.45, 7) is 4.78. The van der Waals surface area contributed by atoms with E-state index in [9.17, 15) is 28.8 Å². The number of hydrogen-bond acceptors (Lipinski definition) is 10. The topological polar surface area (TPSA) is 199 Å². The normalized spacial score (nSPS) is 19.9. The number of amides is 6. The van der Waals surface area contributed by atoms with Crippen molar-refractivity contribution in [2.45, 2.75) is 51.7 Å². The Kier molecular flexibility index (Phi) is 13.2. The summed E-state index contributed by atoms with van der Waals surface area (Å²) in [6, 6.07) is 8.00. The van der Waals surface area contributed by atoms with Gasteiger partial charge in [-0.3, -0.25) is 28.8 Å². The summed E-state index contributed by atoms with van der Waals surface area (Å²) in [4.78, 5) is 97.4. The van der Waals surface area contributed by atoms with Gasteiger partial charge < -0.3 is 40.4 Å². The first kappa shape index (κ1) is 40.3. The lowest BCUT2D eigenvalue weighted by atomic mass is 10.0. The molecule has 17 heteroatoms. The van der Waals surface area contributed by atoms with Crippen molar-refractivity contribution in [1.82, 2.24) is 45.6 Å². The number of hydrogen-bond donors (Lipinski definition) is 4. The lowest BCUT2D eigenvalue weighted by Crippen LogP contribution is -2.53. The first-order valence-electron chi connectivity index (χ1n) is 17.9. The van der Waals surface area contributed by atoms with Crippen LogP contribution in [0.2, 0.25) is 0 Å². The third-order valence-electron chi connectivity index (χ3n) is 9.20. The summed E-state index contributed by atoms with van der Waals surface area (Å²) < 4.78 is 5.12. The van der Waals surface area contributed by atoms with Gasteiger partial charge in [0.1, 0.15) is 22.8 Å². The molecule has 1 aromatic carbocycles. The van der Waals surface area contributed by atoms with Crippen molar-refractivity contribution in [1.29, 1.82) is 0 Å². The van der Waals surface area contributed by atoms with Crippen LogP contribution in [-0.2, 0) is 25.6 Å². The minimum atomic E-state index is -1.08. The zero-order valence-electron chi connectivity index (χ0n) is 31.8. The number of benzene rings is 1. The molecule has 1 aliphatic heterocycles. The standard InChI is InChI=1S/C38H47N9O7S/c1-22(2)15-28-35-44-30(21-55-35)34(50)43-29(16-25-18-39-27-10-8-7-9-26(25)27)38(53)46(5)19-31(48)41-23(3)36(51)45(4)13-14-47(20-32(49)42-28)37(52)24-11-12-33(54-6)40-17-24/h7-12,17-18,21-23,28-29,39H,13-16,19-20H2,1-6H3,(H,41,48)(H,42,49)(H,43,50)/t23-,28-,29+/m0/s1. The second kappa shape index (κ2) is 18.0. The number of nitrogens with one attached hydrogen (secondary N) is 4. The number of aromatic amines is 1. The molecule has 55 heavy (non-hydrogen) atoms. The van der Waals surface area contributed by atoms with Crippen LogP contribution in [-0.4, -0.2) is 125 Å². The van der Waals surface area contributed by atoms with Gasteiger partial charge in [0.25, 0.3) is 11.8 Å². The lowest BCUT2D eigenvalue weighted by molar-refractivity contribution is -0.138. The molecule has 4 aromatic rings. The molecule has 16 nitrogen and oxygen atoms in total. The van der Waals surface area contributed by atoms with Crippen molar-refractivity contribution >= 4 is 57.7 Å². The predicted octanol–water partition coefficient (Wildman–Crippen LogP) is 2.15. The maximum absolute atomic E-state index is 13.9. The summed E-state index contributed by atoms with van der Waals surface area (Å²) in [5.41, 5.74) is 1.92. The molecular formula is C38H47N9O7S. The average Bonchev–Trinajstić information content (AvgIpc) is 3.82.